The summed E-state index contributed by atoms with van der Waals surface area (Å²) in [6.45, 7) is 2.71. The van der Waals surface area contributed by atoms with Crippen molar-refractivity contribution in [3.8, 4) is 11.5 Å². The van der Waals surface area contributed by atoms with Gasteiger partial charge >= 0.3 is 0 Å². The Labute approximate surface area is 174 Å². The Balaban J connectivity index is 1.65. The van der Waals surface area contributed by atoms with Crippen LogP contribution >= 0.6 is 11.8 Å². The number of anilines is 1. The number of thioether (sulfide) groups is 1. The van der Waals surface area contributed by atoms with Crippen LogP contribution in [0, 0.1) is 0 Å². The predicted octanol–water partition coefficient (Wildman–Crippen LogP) is 4.54. The molecule has 0 fully saturated rings. The standard InChI is InChI=1S/C21H24N4O3S/c1-3-4-11-28-19-10-9-17(27-2)12-18(19)24-20(26)16-7-5-15(6-8-16)13-29-21-22-14-23-25-21/h5-10,12,14H,3-4,11,13H2,1-2H3,(H,24,26)(H,22,23,25). The molecule has 1 amide bonds. The fourth-order valence-corrected chi connectivity index (χ4v) is 3.28. The monoisotopic (exact) mass is 412 g/mol. The van der Waals surface area contributed by atoms with E-state index in [9.17, 15) is 4.79 Å². The molecular weight excluding hydrogens is 388 g/mol. The summed E-state index contributed by atoms with van der Waals surface area (Å²) in [5, 5.41) is 10.3. The Kier molecular flexibility index (Phi) is 7.52. The van der Waals surface area contributed by atoms with Gasteiger partial charge in [0, 0.05) is 17.4 Å². The van der Waals surface area contributed by atoms with E-state index in [-0.39, 0.29) is 5.91 Å². The summed E-state index contributed by atoms with van der Waals surface area (Å²) in [7, 11) is 1.59. The summed E-state index contributed by atoms with van der Waals surface area (Å²) in [4.78, 5) is 16.8. The number of aromatic nitrogens is 3. The molecule has 0 saturated carbocycles. The lowest BCUT2D eigenvalue weighted by Gasteiger charge is -2.14. The lowest BCUT2D eigenvalue weighted by Crippen LogP contribution is -2.13. The lowest BCUT2D eigenvalue weighted by molar-refractivity contribution is 0.102. The van der Waals surface area contributed by atoms with Crippen LogP contribution in [-0.2, 0) is 5.75 Å². The van der Waals surface area contributed by atoms with E-state index in [0.29, 0.717) is 29.4 Å². The van der Waals surface area contributed by atoms with Crippen LogP contribution in [0.5, 0.6) is 11.5 Å². The SMILES string of the molecule is CCCCOc1ccc(OC)cc1NC(=O)c1ccc(CSc2ncn[nH]2)cc1. The molecule has 0 atom stereocenters. The van der Waals surface area contributed by atoms with Gasteiger partial charge in [0.2, 0.25) is 0 Å². The number of carbonyl (C=O) groups excluding carboxylic acids is 1. The number of carbonyl (C=O) groups is 1. The van der Waals surface area contributed by atoms with E-state index < -0.39 is 0 Å². The molecule has 29 heavy (non-hydrogen) atoms. The smallest absolute Gasteiger partial charge is 0.255 e. The zero-order valence-corrected chi connectivity index (χ0v) is 17.3. The normalized spacial score (nSPS) is 10.6. The van der Waals surface area contributed by atoms with E-state index in [1.807, 2.05) is 36.4 Å². The largest absolute Gasteiger partial charge is 0.497 e. The zero-order chi connectivity index (χ0) is 20.5. The summed E-state index contributed by atoms with van der Waals surface area (Å²) < 4.78 is 11.1. The predicted molar refractivity (Wildman–Crippen MR) is 114 cm³/mol. The highest BCUT2D eigenvalue weighted by molar-refractivity contribution is 7.98. The molecule has 1 heterocycles. The summed E-state index contributed by atoms with van der Waals surface area (Å²) in [5.41, 5.74) is 2.25. The molecule has 0 spiro atoms. The van der Waals surface area contributed by atoms with Gasteiger partial charge in [-0.25, -0.2) is 4.98 Å². The molecule has 152 valence electrons. The minimum Gasteiger partial charge on any atom is -0.497 e. The third-order valence-electron chi connectivity index (χ3n) is 4.17. The molecule has 0 aliphatic heterocycles. The first-order valence-electron chi connectivity index (χ1n) is 9.39. The molecular formula is C21H24N4O3S. The van der Waals surface area contributed by atoms with Crippen molar-refractivity contribution in [2.45, 2.75) is 30.7 Å². The van der Waals surface area contributed by atoms with Crippen molar-refractivity contribution < 1.29 is 14.3 Å². The second-order valence-electron chi connectivity index (χ2n) is 6.29. The van der Waals surface area contributed by atoms with Crippen LogP contribution in [0.2, 0.25) is 0 Å². The van der Waals surface area contributed by atoms with Crippen LogP contribution in [-0.4, -0.2) is 34.8 Å². The Morgan fingerprint density at radius 1 is 1.21 bits per heavy atom. The van der Waals surface area contributed by atoms with Crippen LogP contribution in [0.25, 0.3) is 0 Å². The molecule has 0 aliphatic carbocycles. The molecule has 0 radical (unpaired) electrons. The topological polar surface area (TPSA) is 89.1 Å². The quantitative estimate of drug-likeness (QED) is 0.375. The van der Waals surface area contributed by atoms with Crippen molar-refractivity contribution in [3.05, 3.63) is 59.9 Å². The number of benzene rings is 2. The second-order valence-corrected chi connectivity index (χ2v) is 7.26. The fraction of sp³-hybridized carbons (Fsp3) is 0.286. The molecule has 0 aliphatic rings. The van der Waals surface area contributed by atoms with E-state index in [1.165, 1.54) is 6.33 Å². The van der Waals surface area contributed by atoms with Crippen molar-refractivity contribution in [1.29, 1.82) is 0 Å². The van der Waals surface area contributed by atoms with Gasteiger partial charge in [0.15, 0.2) is 5.16 Å². The Hall–Kier alpha value is -3.00. The molecule has 0 unspecified atom stereocenters. The minimum absolute atomic E-state index is 0.201. The van der Waals surface area contributed by atoms with Crippen LogP contribution in [0.1, 0.15) is 35.7 Å². The van der Waals surface area contributed by atoms with E-state index in [0.717, 1.165) is 29.3 Å². The number of nitrogens with zero attached hydrogens (tertiary/aromatic N) is 2. The second kappa shape index (κ2) is 10.5. The maximum atomic E-state index is 12.7. The van der Waals surface area contributed by atoms with Crippen molar-refractivity contribution in [2.75, 3.05) is 19.0 Å². The van der Waals surface area contributed by atoms with Crippen LogP contribution in [0.3, 0.4) is 0 Å². The molecule has 8 heteroatoms. The Morgan fingerprint density at radius 3 is 2.72 bits per heavy atom. The van der Waals surface area contributed by atoms with Gasteiger partial charge in [-0.05, 0) is 36.2 Å². The van der Waals surface area contributed by atoms with E-state index in [2.05, 4.69) is 27.4 Å². The third-order valence-corrected chi connectivity index (χ3v) is 5.12. The minimum atomic E-state index is -0.201. The molecule has 0 saturated heterocycles. The van der Waals surface area contributed by atoms with Gasteiger partial charge in [-0.1, -0.05) is 37.2 Å². The number of unbranched alkanes of at least 4 members (excludes halogenated alkanes) is 1. The number of aromatic amines is 1. The number of hydrogen-bond donors (Lipinski definition) is 2. The van der Waals surface area contributed by atoms with Crippen LogP contribution < -0.4 is 14.8 Å². The lowest BCUT2D eigenvalue weighted by atomic mass is 10.1. The van der Waals surface area contributed by atoms with Crippen LogP contribution in [0.4, 0.5) is 5.69 Å². The number of amides is 1. The average molecular weight is 413 g/mol. The molecule has 3 aromatic rings. The van der Waals surface area contributed by atoms with Crippen molar-refractivity contribution in [3.63, 3.8) is 0 Å². The molecule has 1 aromatic heterocycles. The van der Waals surface area contributed by atoms with Gasteiger partial charge in [0.1, 0.15) is 17.8 Å². The summed E-state index contributed by atoms with van der Waals surface area (Å²) in [6, 6.07) is 12.9. The number of ether oxygens (including phenoxy) is 2. The highest BCUT2D eigenvalue weighted by Crippen LogP contribution is 2.30. The number of rotatable bonds is 10. The molecule has 3 rings (SSSR count). The highest BCUT2D eigenvalue weighted by Gasteiger charge is 2.12. The average Bonchev–Trinajstić information content (AvgIpc) is 3.27. The Bertz CT molecular complexity index is 914. The number of H-pyrrole nitrogens is 1. The highest BCUT2D eigenvalue weighted by atomic mass is 32.2. The molecule has 2 N–H and O–H groups in total. The van der Waals surface area contributed by atoms with Crippen molar-refractivity contribution in [1.82, 2.24) is 15.2 Å². The molecule has 7 nitrogen and oxygen atoms in total. The van der Waals surface area contributed by atoms with Gasteiger partial charge in [0.25, 0.3) is 5.91 Å². The Morgan fingerprint density at radius 2 is 2.03 bits per heavy atom. The maximum absolute atomic E-state index is 12.7. The fourth-order valence-electron chi connectivity index (χ4n) is 2.55. The summed E-state index contributed by atoms with van der Waals surface area (Å²) >= 11 is 1.55. The van der Waals surface area contributed by atoms with E-state index in [4.69, 9.17) is 9.47 Å². The number of hydrogen-bond acceptors (Lipinski definition) is 6. The van der Waals surface area contributed by atoms with Gasteiger partial charge in [-0.3, -0.25) is 9.89 Å². The van der Waals surface area contributed by atoms with Crippen molar-refractivity contribution in [2.24, 2.45) is 0 Å². The van der Waals surface area contributed by atoms with Gasteiger partial charge < -0.3 is 14.8 Å². The first-order chi connectivity index (χ1) is 14.2. The third kappa shape index (κ3) is 5.99. The number of nitrogens with one attached hydrogen (secondary N) is 2. The van der Waals surface area contributed by atoms with Gasteiger partial charge in [0.05, 0.1) is 19.4 Å². The van der Waals surface area contributed by atoms with Gasteiger partial charge in [-0.15, -0.1) is 0 Å². The van der Waals surface area contributed by atoms with Crippen molar-refractivity contribution >= 4 is 23.4 Å². The van der Waals surface area contributed by atoms with E-state index >= 15 is 0 Å². The first kappa shape index (κ1) is 20.7. The first-order valence-corrected chi connectivity index (χ1v) is 10.4. The zero-order valence-electron chi connectivity index (χ0n) is 16.5. The summed E-state index contributed by atoms with van der Waals surface area (Å²) in [6.07, 6.45) is 3.47. The summed E-state index contributed by atoms with van der Waals surface area (Å²) in [5.74, 6) is 1.83. The van der Waals surface area contributed by atoms with Gasteiger partial charge in [-0.2, -0.15) is 5.10 Å². The molecule has 2 aromatic carbocycles. The molecule has 0 bridgehead atoms. The maximum Gasteiger partial charge on any atom is 0.255 e. The van der Waals surface area contributed by atoms with Crippen LogP contribution in [0.15, 0.2) is 53.9 Å². The van der Waals surface area contributed by atoms with E-state index in [1.54, 1.807) is 24.9 Å². The number of methoxy groups -OCH3 is 1.